The van der Waals surface area contributed by atoms with Crippen molar-refractivity contribution in [3.63, 3.8) is 0 Å². The van der Waals surface area contributed by atoms with Crippen molar-refractivity contribution >= 4 is 12.3 Å². The first-order valence-electron chi connectivity index (χ1n) is 5.26. The Morgan fingerprint density at radius 2 is 1.82 bits per heavy atom. The lowest BCUT2D eigenvalue weighted by Crippen LogP contribution is -2.07. The monoisotopic (exact) mass is 238 g/mol. The van der Waals surface area contributed by atoms with Gasteiger partial charge in [-0.25, -0.2) is 4.79 Å². The number of hydrogen-bond acceptors (Lipinski definition) is 4. The van der Waals surface area contributed by atoms with Crippen molar-refractivity contribution in [1.82, 2.24) is 0 Å². The van der Waals surface area contributed by atoms with Gasteiger partial charge in [0.2, 0.25) is 0 Å². The number of carbonyl (C=O) groups is 2. The summed E-state index contributed by atoms with van der Waals surface area (Å²) < 4.78 is 10.5. The Kier molecular flexibility index (Phi) is 4.51. The fourth-order valence-corrected chi connectivity index (χ4v) is 1.42. The van der Waals surface area contributed by atoms with Gasteiger partial charge in [-0.2, -0.15) is 0 Å². The molecule has 0 bridgehead atoms. The van der Waals surface area contributed by atoms with E-state index in [0.29, 0.717) is 19.5 Å². The molecule has 1 aromatic rings. The lowest BCUT2D eigenvalue weighted by atomic mass is 10.1. The van der Waals surface area contributed by atoms with Crippen LogP contribution in [-0.4, -0.2) is 30.6 Å². The van der Waals surface area contributed by atoms with E-state index < -0.39 is 5.97 Å². The second-order valence-corrected chi connectivity index (χ2v) is 3.15. The molecule has 1 N–H and O–H groups in total. The average molecular weight is 238 g/mol. The first kappa shape index (κ1) is 13.0. The maximum absolute atomic E-state index is 11.0. The van der Waals surface area contributed by atoms with Gasteiger partial charge < -0.3 is 14.6 Å². The molecule has 0 spiro atoms. The molecule has 0 atom stereocenters. The van der Waals surface area contributed by atoms with E-state index in [2.05, 4.69) is 0 Å². The molecule has 0 radical (unpaired) electrons. The van der Waals surface area contributed by atoms with E-state index in [4.69, 9.17) is 14.6 Å². The number of carbonyl (C=O) groups excluding carboxylic acids is 1. The number of hydrogen-bond donors (Lipinski definition) is 1. The normalized spacial score (nSPS) is 9.76. The highest BCUT2D eigenvalue weighted by Gasteiger charge is 2.19. The van der Waals surface area contributed by atoms with Gasteiger partial charge in [0, 0.05) is 0 Å². The van der Waals surface area contributed by atoms with E-state index in [1.165, 1.54) is 12.1 Å². The topological polar surface area (TPSA) is 72.8 Å². The summed E-state index contributed by atoms with van der Waals surface area (Å²) >= 11 is 0. The molecule has 0 aliphatic carbocycles. The van der Waals surface area contributed by atoms with Crippen LogP contribution in [0.2, 0.25) is 0 Å². The Hall–Kier alpha value is -2.04. The Morgan fingerprint density at radius 1 is 1.24 bits per heavy atom. The minimum absolute atomic E-state index is 0.0131. The number of benzene rings is 1. The molecule has 0 aliphatic heterocycles. The van der Waals surface area contributed by atoms with Crippen LogP contribution in [0.15, 0.2) is 12.1 Å². The number of aldehydes is 1. The maximum atomic E-state index is 11.0. The highest BCUT2D eigenvalue weighted by molar-refractivity contribution is 5.94. The van der Waals surface area contributed by atoms with Crippen LogP contribution in [0.5, 0.6) is 11.5 Å². The highest BCUT2D eigenvalue weighted by atomic mass is 16.5. The van der Waals surface area contributed by atoms with Crippen LogP contribution in [0.3, 0.4) is 0 Å². The molecule has 0 fully saturated rings. The standard InChI is InChI=1S/C12H14O5/c1-3-16-10-8(7-13)5-6-9(12(14)15)11(10)17-4-2/h5-7H,3-4H2,1-2H3,(H,14,15). The fourth-order valence-electron chi connectivity index (χ4n) is 1.42. The predicted octanol–water partition coefficient (Wildman–Crippen LogP) is 1.99. The molecular weight excluding hydrogens is 224 g/mol. The van der Waals surface area contributed by atoms with Crippen LogP contribution in [0, 0.1) is 0 Å². The molecule has 0 heterocycles. The molecule has 17 heavy (non-hydrogen) atoms. The zero-order valence-corrected chi connectivity index (χ0v) is 9.73. The highest BCUT2D eigenvalue weighted by Crippen LogP contribution is 2.34. The van der Waals surface area contributed by atoms with E-state index in [0.717, 1.165) is 0 Å². The summed E-state index contributed by atoms with van der Waals surface area (Å²) in [4.78, 5) is 21.9. The zero-order valence-electron chi connectivity index (χ0n) is 9.73. The third-order valence-corrected chi connectivity index (χ3v) is 2.08. The smallest absolute Gasteiger partial charge is 0.339 e. The van der Waals surface area contributed by atoms with Gasteiger partial charge in [0.05, 0.1) is 18.8 Å². The number of rotatable bonds is 6. The molecule has 0 aromatic heterocycles. The molecule has 0 aliphatic rings. The lowest BCUT2D eigenvalue weighted by molar-refractivity contribution is 0.0691. The third-order valence-electron chi connectivity index (χ3n) is 2.08. The SMILES string of the molecule is CCOc1c(C=O)ccc(C(=O)O)c1OCC. The van der Waals surface area contributed by atoms with Crippen LogP contribution in [-0.2, 0) is 0 Å². The number of carboxylic acid groups (broad SMARTS) is 1. The number of ether oxygens (including phenoxy) is 2. The van der Waals surface area contributed by atoms with Crippen molar-refractivity contribution in [2.75, 3.05) is 13.2 Å². The molecule has 0 saturated heterocycles. The van der Waals surface area contributed by atoms with Crippen LogP contribution < -0.4 is 9.47 Å². The van der Waals surface area contributed by atoms with Crippen molar-refractivity contribution in [1.29, 1.82) is 0 Å². The van der Waals surface area contributed by atoms with Crippen LogP contribution in [0.25, 0.3) is 0 Å². The first-order chi connectivity index (χ1) is 8.15. The van der Waals surface area contributed by atoms with Crippen molar-refractivity contribution < 1.29 is 24.2 Å². The summed E-state index contributed by atoms with van der Waals surface area (Å²) in [5.74, 6) is -0.831. The van der Waals surface area contributed by atoms with E-state index in [9.17, 15) is 9.59 Å². The van der Waals surface area contributed by atoms with Crippen LogP contribution in [0.4, 0.5) is 0 Å². The molecule has 0 saturated carbocycles. The number of carboxylic acids is 1. The minimum Gasteiger partial charge on any atom is -0.489 e. The summed E-state index contributed by atoms with van der Waals surface area (Å²) in [6.45, 7) is 4.10. The first-order valence-corrected chi connectivity index (χ1v) is 5.26. The summed E-state index contributed by atoms with van der Waals surface area (Å²) in [6, 6.07) is 2.74. The van der Waals surface area contributed by atoms with E-state index in [1.54, 1.807) is 13.8 Å². The second kappa shape index (κ2) is 5.89. The Balaban J connectivity index is 3.40. The zero-order chi connectivity index (χ0) is 12.8. The summed E-state index contributed by atoms with van der Waals surface area (Å²) in [5, 5.41) is 9.02. The molecular formula is C12H14O5. The van der Waals surface area contributed by atoms with Gasteiger partial charge in [0.15, 0.2) is 17.8 Å². The van der Waals surface area contributed by atoms with Crippen molar-refractivity contribution in [3.05, 3.63) is 23.3 Å². The Morgan fingerprint density at radius 3 is 2.29 bits per heavy atom. The minimum atomic E-state index is -1.12. The average Bonchev–Trinajstić information content (AvgIpc) is 2.31. The lowest BCUT2D eigenvalue weighted by Gasteiger charge is -2.14. The molecule has 5 heteroatoms. The van der Waals surface area contributed by atoms with Gasteiger partial charge in [0.25, 0.3) is 0 Å². The van der Waals surface area contributed by atoms with Gasteiger partial charge in [-0.15, -0.1) is 0 Å². The van der Waals surface area contributed by atoms with Crippen molar-refractivity contribution in [2.45, 2.75) is 13.8 Å². The molecule has 1 rings (SSSR count). The Labute approximate surface area is 99.0 Å². The molecule has 5 nitrogen and oxygen atoms in total. The van der Waals surface area contributed by atoms with Gasteiger partial charge in [0.1, 0.15) is 5.56 Å². The summed E-state index contributed by atoms with van der Waals surface area (Å²) in [7, 11) is 0. The van der Waals surface area contributed by atoms with Gasteiger partial charge in [-0.3, -0.25) is 4.79 Å². The summed E-state index contributed by atoms with van der Waals surface area (Å²) in [5.41, 5.74) is 0.265. The maximum Gasteiger partial charge on any atom is 0.339 e. The van der Waals surface area contributed by atoms with Crippen molar-refractivity contribution in [3.8, 4) is 11.5 Å². The van der Waals surface area contributed by atoms with Crippen molar-refractivity contribution in [2.24, 2.45) is 0 Å². The molecule has 0 unspecified atom stereocenters. The Bertz CT molecular complexity index is 425. The van der Waals surface area contributed by atoms with E-state index >= 15 is 0 Å². The predicted molar refractivity (Wildman–Crippen MR) is 61.1 cm³/mol. The number of aromatic carboxylic acids is 1. The largest absolute Gasteiger partial charge is 0.489 e. The molecule has 0 amide bonds. The van der Waals surface area contributed by atoms with E-state index in [1.807, 2.05) is 0 Å². The quantitative estimate of drug-likeness (QED) is 0.767. The second-order valence-electron chi connectivity index (χ2n) is 3.15. The van der Waals surface area contributed by atoms with Crippen LogP contribution in [0.1, 0.15) is 34.6 Å². The third kappa shape index (κ3) is 2.75. The fraction of sp³-hybridized carbons (Fsp3) is 0.333. The molecule has 1 aromatic carbocycles. The summed E-state index contributed by atoms with van der Waals surface area (Å²) in [6.07, 6.45) is 0.610. The van der Waals surface area contributed by atoms with E-state index in [-0.39, 0.29) is 22.6 Å². The van der Waals surface area contributed by atoms with Gasteiger partial charge >= 0.3 is 5.97 Å². The van der Waals surface area contributed by atoms with Gasteiger partial charge in [-0.05, 0) is 26.0 Å². The van der Waals surface area contributed by atoms with Gasteiger partial charge in [-0.1, -0.05) is 0 Å². The van der Waals surface area contributed by atoms with Crippen LogP contribution >= 0.6 is 0 Å². The molecule has 92 valence electrons.